The lowest BCUT2D eigenvalue weighted by Gasteiger charge is -2.43. The van der Waals surface area contributed by atoms with Gasteiger partial charge in [0.05, 0.1) is 19.8 Å². The maximum absolute atomic E-state index is 13.7. The second-order valence-electron chi connectivity index (χ2n) is 8.30. The Morgan fingerprint density at radius 2 is 1.77 bits per heavy atom. The second kappa shape index (κ2) is 10.0. The number of hydrogen-bond donors (Lipinski definition) is 1. The van der Waals surface area contributed by atoms with Crippen molar-refractivity contribution in [1.82, 2.24) is 15.1 Å². The quantitative estimate of drug-likeness (QED) is 0.501. The first-order chi connectivity index (χ1) is 16.9. The van der Waals surface area contributed by atoms with Crippen LogP contribution in [0.1, 0.15) is 47.3 Å². The minimum Gasteiger partial charge on any atom is -0.494 e. The summed E-state index contributed by atoms with van der Waals surface area (Å²) in [4.78, 5) is 41.0. The van der Waals surface area contributed by atoms with Crippen LogP contribution in [0.15, 0.2) is 60.7 Å². The number of esters is 1. The number of amides is 2. The van der Waals surface area contributed by atoms with Crippen LogP contribution in [0.5, 0.6) is 5.75 Å². The molecule has 182 valence electrons. The third kappa shape index (κ3) is 4.75. The Morgan fingerprint density at radius 1 is 1.06 bits per heavy atom. The lowest BCUT2D eigenvalue weighted by Crippen LogP contribution is -2.64. The number of rotatable bonds is 8. The van der Waals surface area contributed by atoms with Gasteiger partial charge in [0, 0.05) is 18.3 Å². The van der Waals surface area contributed by atoms with E-state index in [9.17, 15) is 14.4 Å². The summed E-state index contributed by atoms with van der Waals surface area (Å²) >= 11 is 0. The van der Waals surface area contributed by atoms with Gasteiger partial charge >= 0.3 is 5.97 Å². The molecule has 2 aromatic carbocycles. The van der Waals surface area contributed by atoms with Crippen LogP contribution in [0.4, 0.5) is 5.69 Å². The van der Waals surface area contributed by atoms with Crippen molar-refractivity contribution in [3.8, 4) is 5.75 Å². The van der Waals surface area contributed by atoms with E-state index in [0.29, 0.717) is 24.6 Å². The first-order valence-corrected chi connectivity index (χ1v) is 11.5. The monoisotopic (exact) mass is 476 g/mol. The normalized spacial score (nSPS) is 17.0. The molecule has 0 aliphatic carbocycles. The third-order valence-corrected chi connectivity index (χ3v) is 5.83. The van der Waals surface area contributed by atoms with E-state index in [1.165, 1.54) is 15.6 Å². The molecule has 9 heteroatoms. The van der Waals surface area contributed by atoms with Crippen molar-refractivity contribution in [3.63, 3.8) is 0 Å². The number of anilines is 1. The zero-order valence-corrected chi connectivity index (χ0v) is 20.0. The lowest BCUT2D eigenvalue weighted by atomic mass is 9.93. The summed E-state index contributed by atoms with van der Waals surface area (Å²) in [6.07, 6.45) is 0. The Balaban J connectivity index is 1.71. The molecule has 0 radical (unpaired) electrons. The Labute approximate surface area is 203 Å². The van der Waals surface area contributed by atoms with E-state index < -0.39 is 17.4 Å². The zero-order chi connectivity index (χ0) is 25.0. The van der Waals surface area contributed by atoms with Gasteiger partial charge in [0.2, 0.25) is 5.91 Å². The fourth-order valence-electron chi connectivity index (χ4n) is 4.12. The van der Waals surface area contributed by atoms with Crippen LogP contribution >= 0.6 is 0 Å². The van der Waals surface area contributed by atoms with Gasteiger partial charge in [0.15, 0.2) is 5.69 Å². The molecule has 0 unspecified atom stereocenters. The molecule has 2 heterocycles. The van der Waals surface area contributed by atoms with Gasteiger partial charge < -0.3 is 14.8 Å². The Hall–Kier alpha value is -4.14. The molecule has 2 amide bonds. The van der Waals surface area contributed by atoms with Crippen molar-refractivity contribution in [2.75, 3.05) is 18.1 Å². The minimum atomic E-state index is -1.32. The highest BCUT2D eigenvalue weighted by molar-refractivity contribution is 6.12. The molecule has 9 nitrogen and oxygen atoms in total. The maximum atomic E-state index is 13.7. The standard InChI is InChI=1S/C26H28N4O5/c1-4-34-20-13-11-19(12-14-20)30-23(31)22-15-21(24(32)35-5-2)28-29(22)17-26(30,3)25(33)27-16-18-9-7-6-8-10-18/h6-15H,4-5,16-17H2,1-3H3,(H,27,33)/t26-/m1/s1. The van der Waals surface area contributed by atoms with E-state index in [4.69, 9.17) is 9.47 Å². The Morgan fingerprint density at radius 3 is 2.43 bits per heavy atom. The van der Waals surface area contributed by atoms with Crippen molar-refractivity contribution in [3.05, 3.63) is 77.6 Å². The molecule has 1 aliphatic heterocycles. The number of carbonyl (C=O) groups is 3. The average molecular weight is 477 g/mol. The summed E-state index contributed by atoms with van der Waals surface area (Å²) in [5, 5.41) is 7.23. The summed E-state index contributed by atoms with van der Waals surface area (Å²) in [5.74, 6) is -0.751. The van der Waals surface area contributed by atoms with E-state index in [1.807, 2.05) is 37.3 Å². The highest BCUT2D eigenvalue weighted by Crippen LogP contribution is 2.34. The van der Waals surface area contributed by atoms with Gasteiger partial charge in [-0.1, -0.05) is 30.3 Å². The first kappa shape index (κ1) is 24.0. The summed E-state index contributed by atoms with van der Waals surface area (Å²) in [7, 11) is 0. The summed E-state index contributed by atoms with van der Waals surface area (Å²) in [6, 6.07) is 17.9. The van der Waals surface area contributed by atoms with E-state index in [1.54, 1.807) is 38.1 Å². The van der Waals surface area contributed by atoms with Gasteiger partial charge in [-0.05, 0) is 50.6 Å². The first-order valence-electron chi connectivity index (χ1n) is 11.5. The third-order valence-electron chi connectivity index (χ3n) is 5.83. The summed E-state index contributed by atoms with van der Waals surface area (Å²) in [6.45, 7) is 6.34. The van der Waals surface area contributed by atoms with E-state index >= 15 is 0 Å². The van der Waals surface area contributed by atoms with Crippen molar-refractivity contribution in [2.45, 2.75) is 39.4 Å². The van der Waals surface area contributed by atoms with Crippen LogP contribution in [0, 0.1) is 0 Å². The van der Waals surface area contributed by atoms with Gasteiger partial charge in [0.1, 0.15) is 17.0 Å². The fraction of sp³-hybridized carbons (Fsp3) is 0.308. The van der Waals surface area contributed by atoms with Crippen molar-refractivity contribution >= 4 is 23.5 Å². The smallest absolute Gasteiger partial charge is 0.358 e. The van der Waals surface area contributed by atoms with Gasteiger partial charge in [-0.3, -0.25) is 19.2 Å². The molecule has 1 aromatic heterocycles. The molecule has 35 heavy (non-hydrogen) atoms. The van der Waals surface area contributed by atoms with Crippen LogP contribution in [0.3, 0.4) is 0 Å². The van der Waals surface area contributed by atoms with E-state index in [0.717, 1.165) is 5.56 Å². The van der Waals surface area contributed by atoms with Crippen molar-refractivity contribution in [1.29, 1.82) is 0 Å². The number of benzene rings is 2. The van der Waals surface area contributed by atoms with Crippen molar-refractivity contribution < 1.29 is 23.9 Å². The van der Waals surface area contributed by atoms with Gasteiger partial charge in [-0.2, -0.15) is 5.10 Å². The van der Waals surface area contributed by atoms with Crippen LogP contribution in [-0.4, -0.2) is 46.3 Å². The highest BCUT2D eigenvalue weighted by atomic mass is 16.5. The number of nitrogens with zero attached hydrogens (tertiary/aromatic N) is 3. The number of fused-ring (bicyclic) bond motifs is 1. The molecule has 4 rings (SSSR count). The molecule has 0 spiro atoms. The topological polar surface area (TPSA) is 103 Å². The Kier molecular flexibility index (Phi) is 6.86. The highest BCUT2D eigenvalue weighted by Gasteiger charge is 2.49. The second-order valence-corrected chi connectivity index (χ2v) is 8.30. The molecule has 0 bridgehead atoms. The number of carbonyl (C=O) groups excluding carboxylic acids is 3. The van der Waals surface area contributed by atoms with E-state index in [-0.39, 0.29) is 30.4 Å². The summed E-state index contributed by atoms with van der Waals surface area (Å²) < 4.78 is 12.0. The number of hydrogen-bond acceptors (Lipinski definition) is 6. The molecule has 1 aliphatic rings. The number of ether oxygens (including phenoxy) is 2. The molecular weight excluding hydrogens is 448 g/mol. The molecule has 0 fully saturated rings. The summed E-state index contributed by atoms with van der Waals surface area (Å²) in [5.41, 5.74) is 0.375. The van der Waals surface area contributed by atoms with Crippen molar-refractivity contribution in [2.24, 2.45) is 0 Å². The molecule has 1 N–H and O–H groups in total. The lowest BCUT2D eigenvalue weighted by molar-refractivity contribution is -0.126. The molecule has 1 atom stereocenters. The molecule has 0 saturated heterocycles. The largest absolute Gasteiger partial charge is 0.494 e. The predicted octanol–water partition coefficient (Wildman–Crippen LogP) is 3.19. The molecular formula is C26H28N4O5. The zero-order valence-electron chi connectivity index (χ0n) is 20.0. The number of aromatic nitrogens is 2. The van der Waals surface area contributed by atoms with E-state index in [2.05, 4.69) is 10.4 Å². The molecule has 0 saturated carbocycles. The predicted molar refractivity (Wildman–Crippen MR) is 129 cm³/mol. The SMILES string of the molecule is CCOC(=O)c1cc2n(n1)C[C@](C)(C(=O)NCc1ccccc1)N(c1ccc(OCC)cc1)C2=O. The maximum Gasteiger partial charge on any atom is 0.358 e. The molecule has 3 aromatic rings. The van der Waals surface area contributed by atoms with Crippen LogP contribution < -0.4 is 15.0 Å². The minimum absolute atomic E-state index is 0.0239. The number of nitrogens with one attached hydrogen (secondary N) is 1. The van der Waals surface area contributed by atoms with Crippen LogP contribution in [0.2, 0.25) is 0 Å². The van der Waals surface area contributed by atoms with Gasteiger partial charge in [-0.25, -0.2) is 4.79 Å². The van der Waals surface area contributed by atoms with Gasteiger partial charge in [0.25, 0.3) is 5.91 Å². The fourth-order valence-corrected chi connectivity index (χ4v) is 4.12. The Bertz CT molecular complexity index is 1220. The average Bonchev–Trinajstić information content (AvgIpc) is 3.29. The van der Waals surface area contributed by atoms with Gasteiger partial charge in [-0.15, -0.1) is 0 Å². The van der Waals surface area contributed by atoms with Crippen LogP contribution in [-0.2, 0) is 22.6 Å². The van der Waals surface area contributed by atoms with Crippen LogP contribution in [0.25, 0.3) is 0 Å².